The quantitative estimate of drug-likeness (QED) is 0.115. The molecular weight excluding hydrogens is 1030 g/mol. The van der Waals surface area contributed by atoms with Crippen molar-refractivity contribution in [2.24, 2.45) is 0 Å². The molecule has 0 N–H and O–H groups in total. The van der Waals surface area contributed by atoms with Crippen molar-refractivity contribution in [3.05, 3.63) is 236 Å². The van der Waals surface area contributed by atoms with E-state index in [0.29, 0.717) is 0 Å². The van der Waals surface area contributed by atoms with Crippen LogP contribution >= 0.6 is 7.26 Å². The molecule has 4 aliphatic rings. The SMILES string of the molecule is CC=C1CCCC1=CC(C#Cc1ccc2c(c1)C(C)(C)c1cc3c(cc1-2)C(C)(C)c1cc2c(cc1-3)C(C)(C)c1cc(/C=C/C)ccc1-2)=C([C]#[Os])[P+](c1ccccc1)(c1ccccc1)c1ccccc1. The number of hydrogen-bond acceptors (Lipinski definition) is 0. The van der Waals surface area contributed by atoms with E-state index in [9.17, 15) is 0 Å². The van der Waals surface area contributed by atoms with Gasteiger partial charge in [0.2, 0.25) is 0 Å². The number of allylic oxidation sites excluding steroid dienone is 7. The van der Waals surface area contributed by atoms with Gasteiger partial charge >= 0.3 is 297 Å². The van der Waals surface area contributed by atoms with Gasteiger partial charge in [-0.25, -0.2) is 0 Å². The van der Waals surface area contributed by atoms with Crippen molar-refractivity contribution >= 4 is 29.3 Å². The van der Waals surface area contributed by atoms with Crippen LogP contribution in [-0.4, -0.2) is 0 Å². The normalized spacial score (nSPS) is 17.9. The Kier molecular flexibility index (Phi) is 11.2. The van der Waals surface area contributed by atoms with Gasteiger partial charge in [-0.2, -0.15) is 0 Å². The Balaban J connectivity index is 1.05. The van der Waals surface area contributed by atoms with Gasteiger partial charge in [-0.3, -0.25) is 0 Å². The van der Waals surface area contributed by atoms with Gasteiger partial charge in [0.1, 0.15) is 0 Å². The predicted molar refractivity (Wildman–Crippen MR) is 292 cm³/mol. The Bertz CT molecular complexity index is 3400. The molecule has 0 spiro atoms. The van der Waals surface area contributed by atoms with Crippen LogP contribution in [0.5, 0.6) is 0 Å². The first kappa shape index (κ1) is 45.4. The van der Waals surface area contributed by atoms with E-state index >= 15 is 0 Å². The zero-order valence-electron chi connectivity index (χ0n) is 41.2. The third-order valence-electron chi connectivity index (χ3n) is 16.1. The van der Waals surface area contributed by atoms with E-state index in [4.69, 9.17) is 0 Å². The summed E-state index contributed by atoms with van der Waals surface area (Å²) in [6.45, 7) is 18.8. The van der Waals surface area contributed by atoms with Crippen LogP contribution in [0.25, 0.3) is 39.5 Å². The van der Waals surface area contributed by atoms with E-state index in [0.717, 1.165) is 30.4 Å². The van der Waals surface area contributed by atoms with Crippen molar-refractivity contribution in [2.45, 2.75) is 90.9 Å². The van der Waals surface area contributed by atoms with Crippen molar-refractivity contribution in [3.8, 4) is 49.6 Å². The molecule has 7 aromatic rings. The molecule has 0 nitrogen and oxygen atoms in total. The molecule has 0 aliphatic heterocycles. The first-order valence-corrected chi connectivity index (χ1v) is 27.7. The molecule has 0 bridgehead atoms. The summed E-state index contributed by atoms with van der Waals surface area (Å²) >= 11 is 1.83. The van der Waals surface area contributed by atoms with Gasteiger partial charge in [0, 0.05) is 10.8 Å². The van der Waals surface area contributed by atoms with Gasteiger partial charge in [0.25, 0.3) is 0 Å². The maximum absolute atomic E-state index is 3.91. The summed E-state index contributed by atoms with van der Waals surface area (Å²) in [6.07, 6.45) is 12.4. The molecule has 11 rings (SSSR count). The van der Waals surface area contributed by atoms with E-state index in [1.54, 1.807) is 0 Å². The topological polar surface area (TPSA) is 0 Å². The van der Waals surface area contributed by atoms with E-state index in [-0.39, 0.29) is 16.2 Å². The van der Waals surface area contributed by atoms with Gasteiger partial charge in [0.05, 0.1) is 0 Å². The van der Waals surface area contributed by atoms with Crippen molar-refractivity contribution in [1.29, 1.82) is 0 Å². The second-order valence-corrected chi connectivity index (χ2v) is 24.9. The monoisotopic (exact) mass is 1090 g/mol. The molecule has 1 saturated carbocycles. The summed E-state index contributed by atoms with van der Waals surface area (Å²) < 4.78 is 3.90. The van der Waals surface area contributed by atoms with Gasteiger partial charge in [0.15, 0.2) is 0 Å². The Labute approximate surface area is 421 Å². The Morgan fingerprint density at radius 1 is 0.507 bits per heavy atom. The fourth-order valence-electron chi connectivity index (χ4n) is 12.4. The molecule has 1 fully saturated rings. The van der Waals surface area contributed by atoms with Crippen LogP contribution in [0, 0.1) is 16.2 Å². The minimum atomic E-state index is -2.47. The zero-order chi connectivity index (χ0) is 47.9. The number of fused-ring (bicyclic) bond motifs is 9. The van der Waals surface area contributed by atoms with Crippen LogP contribution in [0.4, 0.5) is 0 Å². The molecular formula is C67H59OsP+. The molecule has 0 aromatic heterocycles. The van der Waals surface area contributed by atoms with Gasteiger partial charge in [-0.05, 0) is 58.0 Å². The molecule has 7 aromatic carbocycles. The average molecular weight is 1090 g/mol. The molecule has 0 radical (unpaired) electrons. The van der Waals surface area contributed by atoms with Gasteiger partial charge in [-0.1, -0.05) is 58.0 Å². The summed E-state index contributed by atoms with van der Waals surface area (Å²) in [5.74, 6) is 7.72. The second kappa shape index (κ2) is 17.1. The molecule has 0 unspecified atom stereocenters. The third kappa shape index (κ3) is 7.02. The first-order valence-electron chi connectivity index (χ1n) is 24.7. The van der Waals surface area contributed by atoms with E-state index in [1.807, 2.05) is 17.9 Å². The molecule has 0 amide bonds. The molecule has 2 heteroatoms. The maximum atomic E-state index is 3.91. The van der Waals surface area contributed by atoms with Crippen LogP contribution in [0.2, 0.25) is 0 Å². The van der Waals surface area contributed by atoms with Gasteiger partial charge < -0.3 is 0 Å². The number of hydrogen-bond donors (Lipinski definition) is 0. The fraction of sp³-hybridized carbons (Fsp3) is 0.209. The minimum absolute atomic E-state index is 0.0896. The van der Waals surface area contributed by atoms with E-state index in [1.165, 1.54) is 105 Å². The number of rotatable bonds is 6. The van der Waals surface area contributed by atoms with Crippen LogP contribution in [0.1, 0.15) is 119 Å². The molecule has 0 saturated heterocycles. The van der Waals surface area contributed by atoms with Crippen molar-refractivity contribution in [1.82, 2.24) is 0 Å². The van der Waals surface area contributed by atoms with Crippen molar-refractivity contribution in [2.75, 3.05) is 0 Å². The van der Waals surface area contributed by atoms with Crippen LogP contribution in [0.3, 0.4) is 0 Å². The molecule has 4 aliphatic carbocycles. The molecule has 0 atom stereocenters. The Morgan fingerprint density at radius 3 is 1.41 bits per heavy atom. The van der Waals surface area contributed by atoms with Crippen LogP contribution in [-0.2, 0) is 34.2 Å². The Morgan fingerprint density at radius 2 is 0.942 bits per heavy atom. The second-order valence-electron chi connectivity index (χ2n) is 20.9. The summed E-state index contributed by atoms with van der Waals surface area (Å²) in [6, 6.07) is 57.7. The van der Waals surface area contributed by atoms with E-state index in [2.05, 4.69) is 248 Å². The summed E-state index contributed by atoms with van der Waals surface area (Å²) in [7, 11) is -2.47. The first-order chi connectivity index (χ1) is 33.3. The summed E-state index contributed by atoms with van der Waals surface area (Å²) in [5, 5.41) is 5.10. The van der Waals surface area contributed by atoms with Crippen LogP contribution < -0.4 is 15.9 Å². The molecule has 0 heterocycles. The standard InChI is InChI=1S/C67H59P.Os/c1-10-22-45-32-35-53-55-40-63-57(42-61(55)65(4,5)59(53)37-45)58-43-62-56(41-64(58)67(63,8)9)54-36-33-46(38-60(54)66(62,6)7)31-34-48(39-49-24-21-23-47(49)11-2)44(3)68(50-25-15-12-16-26-50,51-27-17-13-18-28-51)52-29-19-14-20-30-52;/h10-20,22,25-30,32-33,35-43H,21,23-24H2,1-2,4-9H3;/q+1;/b22-10+,47-11?,48-44?,49-39?;. The van der Waals surface area contributed by atoms with Crippen molar-refractivity contribution < 1.29 is 17.9 Å². The molecule has 69 heavy (non-hydrogen) atoms. The fourth-order valence-corrected chi connectivity index (χ4v) is 18.2. The summed E-state index contributed by atoms with van der Waals surface area (Å²) in [5.41, 5.74) is 22.4. The van der Waals surface area contributed by atoms with Crippen LogP contribution in [0.15, 0.2) is 192 Å². The zero-order valence-corrected chi connectivity index (χ0v) is 44.6. The number of benzene rings is 7. The average Bonchev–Trinajstić information content (AvgIpc) is 4.04. The van der Waals surface area contributed by atoms with E-state index < -0.39 is 7.26 Å². The molecule has 339 valence electrons. The predicted octanol–water partition coefficient (Wildman–Crippen LogP) is 15.8. The van der Waals surface area contributed by atoms with Crippen molar-refractivity contribution in [3.63, 3.8) is 0 Å². The van der Waals surface area contributed by atoms with Gasteiger partial charge in [-0.15, -0.1) is 0 Å². The Hall–Kier alpha value is -6.09. The third-order valence-corrected chi connectivity index (χ3v) is 21.4. The summed E-state index contributed by atoms with van der Waals surface area (Å²) in [4.78, 5) is 0.